The third-order valence-corrected chi connectivity index (χ3v) is 4.37. The molecule has 0 saturated carbocycles. The first kappa shape index (κ1) is 14.4. The molecule has 7 heteroatoms. The summed E-state index contributed by atoms with van der Waals surface area (Å²) in [7, 11) is -3.15. The van der Waals surface area contributed by atoms with Crippen LogP contribution in [0.25, 0.3) is 0 Å². The molecule has 1 aliphatic heterocycles. The Balaban J connectivity index is 2.44. The molecular formula is C10H21N3O3S. The zero-order valence-corrected chi connectivity index (χ0v) is 11.2. The summed E-state index contributed by atoms with van der Waals surface area (Å²) in [6.07, 6.45) is 1.30. The zero-order valence-electron chi connectivity index (χ0n) is 10.3. The molecule has 1 rings (SSSR count). The second-order valence-electron chi connectivity index (χ2n) is 4.41. The van der Waals surface area contributed by atoms with Gasteiger partial charge in [0.05, 0.1) is 11.8 Å². The van der Waals surface area contributed by atoms with Crippen LogP contribution in [0.15, 0.2) is 0 Å². The van der Waals surface area contributed by atoms with E-state index in [2.05, 4.69) is 4.72 Å². The molecule has 17 heavy (non-hydrogen) atoms. The third kappa shape index (κ3) is 4.25. The molecule has 1 amide bonds. The van der Waals surface area contributed by atoms with Gasteiger partial charge in [0.25, 0.3) is 0 Å². The monoisotopic (exact) mass is 263 g/mol. The number of carbonyl (C=O) groups excluding carboxylic acids is 1. The van der Waals surface area contributed by atoms with Crippen molar-refractivity contribution in [3.63, 3.8) is 0 Å². The van der Waals surface area contributed by atoms with Gasteiger partial charge in [-0.05, 0) is 26.7 Å². The Morgan fingerprint density at radius 2 is 2.00 bits per heavy atom. The van der Waals surface area contributed by atoms with Gasteiger partial charge >= 0.3 is 0 Å². The molecule has 1 unspecified atom stereocenters. The highest BCUT2D eigenvalue weighted by atomic mass is 32.2. The van der Waals surface area contributed by atoms with E-state index in [4.69, 9.17) is 5.73 Å². The maximum absolute atomic E-state index is 11.6. The fourth-order valence-corrected chi connectivity index (χ4v) is 2.75. The van der Waals surface area contributed by atoms with Gasteiger partial charge in [0.1, 0.15) is 0 Å². The lowest BCUT2D eigenvalue weighted by Gasteiger charge is -2.33. The molecule has 1 saturated heterocycles. The number of rotatable bonds is 4. The average molecular weight is 263 g/mol. The predicted octanol–water partition coefficient (Wildman–Crippen LogP) is -0.736. The van der Waals surface area contributed by atoms with Gasteiger partial charge in [-0.25, -0.2) is 13.1 Å². The molecule has 1 aliphatic rings. The van der Waals surface area contributed by atoms with Gasteiger partial charge in [-0.2, -0.15) is 0 Å². The van der Waals surface area contributed by atoms with Gasteiger partial charge in [-0.3, -0.25) is 4.79 Å². The van der Waals surface area contributed by atoms with Crippen molar-refractivity contribution in [2.75, 3.05) is 18.8 Å². The second-order valence-corrected chi connectivity index (χ2v) is 6.45. The largest absolute Gasteiger partial charge is 0.341 e. The number of piperidine rings is 1. The lowest BCUT2D eigenvalue weighted by Crippen LogP contribution is -2.50. The van der Waals surface area contributed by atoms with Crippen LogP contribution >= 0.6 is 0 Å². The maximum atomic E-state index is 11.6. The molecule has 0 aromatic rings. The summed E-state index contributed by atoms with van der Waals surface area (Å²) < 4.78 is 25.4. The van der Waals surface area contributed by atoms with Crippen LogP contribution in [0.5, 0.6) is 0 Å². The number of nitrogens with zero attached hydrogens (tertiary/aromatic N) is 1. The lowest BCUT2D eigenvalue weighted by atomic mass is 10.1. The van der Waals surface area contributed by atoms with Crippen molar-refractivity contribution >= 4 is 15.9 Å². The second kappa shape index (κ2) is 5.79. The van der Waals surface area contributed by atoms with E-state index in [0.29, 0.717) is 25.9 Å². The maximum Gasteiger partial charge on any atom is 0.239 e. The topological polar surface area (TPSA) is 92.5 Å². The third-order valence-electron chi connectivity index (χ3n) is 2.92. The van der Waals surface area contributed by atoms with Crippen molar-refractivity contribution in [2.24, 2.45) is 5.73 Å². The molecular weight excluding hydrogens is 242 g/mol. The van der Waals surface area contributed by atoms with Crippen molar-refractivity contribution in [3.8, 4) is 0 Å². The van der Waals surface area contributed by atoms with Gasteiger partial charge in [-0.15, -0.1) is 0 Å². The fourth-order valence-electron chi connectivity index (χ4n) is 1.84. The number of nitrogens with one attached hydrogen (secondary N) is 1. The van der Waals surface area contributed by atoms with Gasteiger partial charge in [-0.1, -0.05) is 0 Å². The summed E-state index contributed by atoms with van der Waals surface area (Å²) in [6, 6.07) is -0.545. The van der Waals surface area contributed by atoms with Crippen molar-refractivity contribution < 1.29 is 13.2 Å². The summed E-state index contributed by atoms with van der Waals surface area (Å²) in [4.78, 5) is 13.3. The summed E-state index contributed by atoms with van der Waals surface area (Å²) >= 11 is 0. The minimum atomic E-state index is -3.15. The molecule has 0 spiro atoms. The molecule has 100 valence electrons. The van der Waals surface area contributed by atoms with Crippen LogP contribution in [0.3, 0.4) is 0 Å². The number of likely N-dealkylation sites (tertiary alicyclic amines) is 1. The first-order chi connectivity index (χ1) is 7.85. The van der Waals surface area contributed by atoms with Crippen LogP contribution in [0.1, 0.15) is 26.7 Å². The molecule has 0 radical (unpaired) electrons. The van der Waals surface area contributed by atoms with Crippen molar-refractivity contribution in [1.29, 1.82) is 0 Å². The Hall–Kier alpha value is -0.660. The van der Waals surface area contributed by atoms with Gasteiger partial charge in [0.15, 0.2) is 0 Å². The summed E-state index contributed by atoms with van der Waals surface area (Å²) in [5.41, 5.74) is 5.52. The van der Waals surface area contributed by atoms with E-state index in [1.54, 1.807) is 18.7 Å². The average Bonchev–Trinajstić information content (AvgIpc) is 2.28. The van der Waals surface area contributed by atoms with E-state index in [9.17, 15) is 13.2 Å². The standard InChI is InChI=1S/C10H21N3O3S/c1-3-17(15,16)12-9-4-6-13(7-5-9)10(14)8(2)11/h8-9,12H,3-7,11H2,1-2H3. The smallest absolute Gasteiger partial charge is 0.239 e. The summed E-state index contributed by atoms with van der Waals surface area (Å²) in [5.74, 6) is 0.0215. The van der Waals surface area contributed by atoms with Crippen molar-refractivity contribution in [3.05, 3.63) is 0 Å². The quantitative estimate of drug-likeness (QED) is 0.699. The molecule has 0 aliphatic carbocycles. The van der Waals surface area contributed by atoms with Crippen molar-refractivity contribution in [2.45, 2.75) is 38.8 Å². The predicted molar refractivity (Wildman–Crippen MR) is 65.8 cm³/mol. The van der Waals surface area contributed by atoms with Crippen LogP contribution in [0.2, 0.25) is 0 Å². The fraction of sp³-hybridized carbons (Fsp3) is 0.900. The molecule has 0 aromatic carbocycles. The lowest BCUT2D eigenvalue weighted by molar-refractivity contribution is -0.133. The van der Waals surface area contributed by atoms with Crippen LogP contribution < -0.4 is 10.5 Å². The highest BCUT2D eigenvalue weighted by Crippen LogP contribution is 2.12. The Bertz CT molecular complexity index is 359. The minimum absolute atomic E-state index is 0.0583. The van der Waals surface area contributed by atoms with Crippen molar-refractivity contribution in [1.82, 2.24) is 9.62 Å². The molecule has 0 aromatic heterocycles. The Labute approximate surface area is 103 Å². The van der Waals surface area contributed by atoms with Crippen LogP contribution in [-0.2, 0) is 14.8 Å². The Morgan fingerprint density at radius 3 is 2.41 bits per heavy atom. The Morgan fingerprint density at radius 1 is 1.47 bits per heavy atom. The minimum Gasteiger partial charge on any atom is -0.341 e. The van der Waals surface area contributed by atoms with E-state index >= 15 is 0 Å². The van der Waals surface area contributed by atoms with E-state index in [-0.39, 0.29) is 17.7 Å². The molecule has 6 nitrogen and oxygen atoms in total. The SMILES string of the molecule is CCS(=O)(=O)NC1CCN(C(=O)C(C)N)CC1. The first-order valence-electron chi connectivity index (χ1n) is 5.90. The van der Waals surface area contributed by atoms with Crippen LogP contribution in [0.4, 0.5) is 0 Å². The highest BCUT2D eigenvalue weighted by Gasteiger charge is 2.26. The summed E-state index contributed by atoms with van der Waals surface area (Å²) in [6.45, 7) is 4.40. The van der Waals surface area contributed by atoms with Gasteiger partial charge in [0, 0.05) is 19.1 Å². The number of hydrogen-bond donors (Lipinski definition) is 2. The first-order valence-corrected chi connectivity index (χ1v) is 7.55. The van der Waals surface area contributed by atoms with Crippen LogP contribution in [0, 0.1) is 0 Å². The zero-order chi connectivity index (χ0) is 13.1. The highest BCUT2D eigenvalue weighted by molar-refractivity contribution is 7.89. The number of sulfonamides is 1. The van der Waals surface area contributed by atoms with E-state index in [0.717, 1.165) is 0 Å². The number of amides is 1. The van der Waals surface area contributed by atoms with Gasteiger partial charge in [0.2, 0.25) is 15.9 Å². The summed E-state index contributed by atoms with van der Waals surface area (Å²) in [5, 5.41) is 0. The molecule has 1 atom stereocenters. The van der Waals surface area contributed by atoms with E-state index in [1.807, 2.05) is 0 Å². The van der Waals surface area contributed by atoms with Crippen LogP contribution in [-0.4, -0.2) is 50.2 Å². The molecule has 1 heterocycles. The molecule has 1 fully saturated rings. The van der Waals surface area contributed by atoms with E-state index < -0.39 is 16.1 Å². The normalized spacial score (nSPS) is 20.3. The number of nitrogens with two attached hydrogens (primary N) is 1. The molecule has 3 N–H and O–H groups in total. The number of carbonyl (C=O) groups is 1. The number of hydrogen-bond acceptors (Lipinski definition) is 4. The molecule has 0 bridgehead atoms. The van der Waals surface area contributed by atoms with E-state index in [1.165, 1.54) is 0 Å². The van der Waals surface area contributed by atoms with Gasteiger partial charge < -0.3 is 10.6 Å². The Kier molecular flexibility index (Phi) is 4.91.